The van der Waals surface area contributed by atoms with Crippen LogP contribution >= 0.6 is 0 Å². The van der Waals surface area contributed by atoms with Gasteiger partial charge in [0, 0.05) is 13.0 Å². The van der Waals surface area contributed by atoms with Gasteiger partial charge in [-0.15, -0.1) is 0 Å². The lowest BCUT2D eigenvalue weighted by Gasteiger charge is -2.39. The van der Waals surface area contributed by atoms with E-state index >= 15 is 0 Å². The Morgan fingerprint density at radius 3 is 1.52 bits per heavy atom. The van der Waals surface area contributed by atoms with Crippen LogP contribution in [-0.2, 0) is 23.7 Å². The van der Waals surface area contributed by atoms with E-state index in [0.717, 1.165) is 25.7 Å². The summed E-state index contributed by atoms with van der Waals surface area (Å²) in [5.74, 6) is -0.345. The van der Waals surface area contributed by atoms with Gasteiger partial charge in [-0.05, 0) is 12.8 Å². The van der Waals surface area contributed by atoms with Crippen molar-refractivity contribution in [1.82, 2.24) is 0 Å². The highest BCUT2D eigenvalue weighted by Crippen LogP contribution is 2.22. The average Bonchev–Trinajstić information content (AvgIpc) is 3.06. The van der Waals surface area contributed by atoms with Crippen LogP contribution in [0.2, 0.25) is 0 Å². The van der Waals surface area contributed by atoms with E-state index in [9.17, 15) is 25.2 Å². The summed E-state index contributed by atoms with van der Waals surface area (Å²) in [4.78, 5) is 12.2. The van der Waals surface area contributed by atoms with Crippen molar-refractivity contribution in [2.24, 2.45) is 0 Å². The normalized spacial score (nSPS) is 22.3. The number of hydrogen-bond acceptors (Lipinski definition) is 9. The van der Waals surface area contributed by atoms with Crippen molar-refractivity contribution >= 4 is 5.97 Å². The molecule has 6 atom stereocenters. The molecule has 1 rings (SSSR count). The summed E-state index contributed by atoms with van der Waals surface area (Å²) in [7, 11) is 0. The molecule has 1 fully saturated rings. The summed E-state index contributed by atoms with van der Waals surface area (Å²) in [5.41, 5.74) is 0. The van der Waals surface area contributed by atoms with Crippen molar-refractivity contribution in [3.05, 3.63) is 0 Å². The number of carbonyl (C=O) groups is 1. The predicted molar refractivity (Wildman–Crippen MR) is 183 cm³/mol. The molecule has 0 spiro atoms. The zero-order valence-electron chi connectivity index (χ0n) is 29.6. The molecule has 1 aliphatic heterocycles. The Balaban J connectivity index is 2.05. The second kappa shape index (κ2) is 30.3. The first-order chi connectivity index (χ1) is 22.4. The molecule has 0 radical (unpaired) electrons. The fourth-order valence-corrected chi connectivity index (χ4v) is 5.94. The summed E-state index contributed by atoms with van der Waals surface area (Å²) in [6.07, 6.45) is 22.6. The first-order valence-corrected chi connectivity index (χ1v) is 19.1. The quantitative estimate of drug-likeness (QED) is 0.0439. The Bertz CT molecular complexity index is 677. The molecule has 274 valence electrons. The van der Waals surface area contributed by atoms with Crippen molar-refractivity contribution in [3.63, 3.8) is 0 Å². The SMILES string of the molecule is CCCCCCCCCCCCCCCCCCCCCCCOCC(COC1OC(CO)C(O)C(O)C1O)OC(=O)CCCC. The van der Waals surface area contributed by atoms with Gasteiger partial charge in [-0.1, -0.05) is 149 Å². The largest absolute Gasteiger partial charge is 0.457 e. The predicted octanol–water partition coefficient (Wildman–Crippen LogP) is 7.13. The maximum Gasteiger partial charge on any atom is 0.306 e. The minimum Gasteiger partial charge on any atom is -0.457 e. The van der Waals surface area contributed by atoms with E-state index in [2.05, 4.69) is 6.92 Å². The van der Waals surface area contributed by atoms with Crippen LogP contribution in [0, 0.1) is 0 Å². The molecule has 9 nitrogen and oxygen atoms in total. The lowest BCUT2D eigenvalue weighted by atomic mass is 9.99. The second-order valence-electron chi connectivity index (χ2n) is 13.4. The summed E-state index contributed by atoms with van der Waals surface area (Å²) in [6, 6.07) is 0. The molecule has 0 aromatic heterocycles. The van der Waals surface area contributed by atoms with E-state index < -0.39 is 43.4 Å². The molecule has 9 heteroatoms. The lowest BCUT2D eigenvalue weighted by molar-refractivity contribution is -0.305. The first-order valence-electron chi connectivity index (χ1n) is 19.1. The van der Waals surface area contributed by atoms with Gasteiger partial charge in [-0.25, -0.2) is 0 Å². The van der Waals surface area contributed by atoms with E-state index in [1.807, 2.05) is 6.92 Å². The number of carbonyl (C=O) groups excluding carboxylic acids is 1. The van der Waals surface area contributed by atoms with Crippen molar-refractivity contribution in [3.8, 4) is 0 Å². The topological polar surface area (TPSA) is 135 Å². The third-order valence-electron chi connectivity index (χ3n) is 9.02. The van der Waals surface area contributed by atoms with E-state index in [4.69, 9.17) is 18.9 Å². The van der Waals surface area contributed by atoms with E-state index in [1.165, 1.54) is 122 Å². The minimum absolute atomic E-state index is 0.111. The number of aliphatic hydroxyl groups excluding tert-OH is 4. The Hall–Kier alpha value is -0.810. The maximum atomic E-state index is 12.2. The number of unbranched alkanes of at least 4 members (excludes halogenated alkanes) is 21. The second-order valence-corrected chi connectivity index (χ2v) is 13.4. The van der Waals surface area contributed by atoms with Crippen LogP contribution in [0.25, 0.3) is 0 Å². The van der Waals surface area contributed by atoms with Gasteiger partial charge >= 0.3 is 5.97 Å². The number of hydrogen-bond donors (Lipinski definition) is 4. The molecule has 1 saturated heterocycles. The van der Waals surface area contributed by atoms with Crippen LogP contribution in [0.15, 0.2) is 0 Å². The van der Waals surface area contributed by atoms with Crippen molar-refractivity contribution in [2.75, 3.05) is 26.4 Å². The fourth-order valence-electron chi connectivity index (χ4n) is 5.94. The monoisotopic (exact) mass is 661 g/mol. The number of rotatable bonds is 32. The molecule has 0 aromatic rings. The Morgan fingerprint density at radius 1 is 0.609 bits per heavy atom. The molecular weight excluding hydrogens is 588 g/mol. The third-order valence-corrected chi connectivity index (χ3v) is 9.02. The van der Waals surface area contributed by atoms with E-state index in [0.29, 0.717) is 13.0 Å². The van der Waals surface area contributed by atoms with Crippen LogP contribution in [0.5, 0.6) is 0 Å². The molecular formula is C37H72O9. The van der Waals surface area contributed by atoms with Crippen LogP contribution < -0.4 is 0 Å². The van der Waals surface area contributed by atoms with Crippen molar-refractivity contribution < 1.29 is 44.2 Å². The number of aliphatic hydroxyl groups is 4. The van der Waals surface area contributed by atoms with Crippen LogP contribution in [-0.4, -0.2) is 89.6 Å². The van der Waals surface area contributed by atoms with Gasteiger partial charge < -0.3 is 39.4 Å². The Morgan fingerprint density at radius 2 is 1.07 bits per heavy atom. The smallest absolute Gasteiger partial charge is 0.306 e. The van der Waals surface area contributed by atoms with Gasteiger partial charge in [0.2, 0.25) is 0 Å². The molecule has 1 heterocycles. The zero-order chi connectivity index (χ0) is 33.7. The third kappa shape index (κ3) is 21.9. The standard InChI is InChI=1S/C37H72O9/c1-3-5-7-8-9-10-11-12-13-14-15-16-17-18-19-20-21-22-23-24-25-27-43-29-31(45-33(39)26-6-4-2)30-44-37-36(42)35(41)34(40)32(28-38)46-37/h31-32,34-38,40-42H,3-30H2,1-2H3. The molecule has 4 N–H and O–H groups in total. The van der Waals surface area contributed by atoms with Gasteiger partial charge in [0.15, 0.2) is 6.29 Å². The zero-order valence-corrected chi connectivity index (χ0v) is 29.6. The lowest BCUT2D eigenvalue weighted by Crippen LogP contribution is -2.59. The molecule has 0 saturated carbocycles. The molecule has 46 heavy (non-hydrogen) atoms. The van der Waals surface area contributed by atoms with E-state index in [1.54, 1.807) is 0 Å². The molecule has 6 unspecified atom stereocenters. The Labute approximate surface area is 281 Å². The molecule has 0 aromatic carbocycles. The van der Waals surface area contributed by atoms with Gasteiger partial charge in [-0.3, -0.25) is 4.79 Å². The number of esters is 1. The molecule has 0 amide bonds. The van der Waals surface area contributed by atoms with E-state index in [-0.39, 0.29) is 19.2 Å². The molecule has 0 aliphatic carbocycles. The summed E-state index contributed by atoms with van der Waals surface area (Å²) < 4.78 is 22.3. The van der Waals surface area contributed by atoms with Crippen LogP contribution in [0.4, 0.5) is 0 Å². The minimum atomic E-state index is -1.53. The maximum absolute atomic E-state index is 12.2. The fraction of sp³-hybridized carbons (Fsp3) is 0.973. The van der Waals surface area contributed by atoms with Gasteiger partial charge in [-0.2, -0.15) is 0 Å². The first kappa shape index (κ1) is 43.2. The summed E-state index contributed by atoms with van der Waals surface area (Å²) in [6.45, 7) is 4.33. The average molecular weight is 661 g/mol. The van der Waals surface area contributed by atoms with Gasteiger partial charge in [0.1, 0.15) is 30.5 Å². The Kier molecular flexibility index (Phi) is 28.4. The van der Waals surface area contributed by atoms with Crippen LogP contribution in [0.3, 0.4) is 0 Å². The number of ether oxygens (including phenoxy) is 4. The highest BCUT2D eigenvalue weighted by molar-refractivity contribution is 5.69. The molecule has 0 bridgehead atoms. The highest BCUT2D eigenvalue weighted by Gasteiger charge is 2.44. The summed E-state index contributed by atoms with van der Waals surface area (Å²) in [5, 5.41) is 39.6. The van der Waals surface area contributed by atoms with Crippen LogP contribution in [0.1, 0.15) is 168 Å². The van der Waals surface area contributed by atoms with Gasteiger partial charge in [0.05, 0.1) is 19.8 Å². The molecule has 1 aliphatic rings. The van der Waals surface area contributed by atoms with Gasteiger partial charge in [0.25, 0.3) is 0 Å². The highest BCUT2D eigenvalue weighted by atomic mass is 16.7. The van der Waals surface area contributed by atoms with Crippen molar-refractivity contribution in [1.29, 1.82) is 0 Å². The summed E-state index contributed by atoms with van der Waals surface area (Å²) >= 11 is 0. The van der Waals surface area contributed by atoms with Crippen molar-refractivity contribution in [2.45, 2.75) is 205 Å².